The molecular formula is C36H32N8O4S. The summed E-state index contributed by atoms with van der Waals surface area (Å²) in [5, 5.41) is 4.98. The number of nitrogens with one attached hydrogen (secondary N) is 1. The second-order valence-corrected chi connectivity index (χ2v) is 13.9. The number of ketones is 1. The van der Waals surface area contributed by atoms with Crippen LogP contribution in [0.15, 0.2) is 96.2 Å². The van der Waals surface area contributed by atoms with E-state index >= 15 is 0 Å². The fourth-order valence-electron chi connectivity index (χ4n) is 6.27. The van der Waals surface area contributed by atoms with Gasteiger partial charge in [0.25, 0.3) is 10.0 Å². The van der Waals surface area contributed by atoms with Crippen molar-refractivity contribution in [1.82, 2.24) is 28.7 Å². The molecule has 1 saturated heterocycles. The van der Waals surface area contributed by atoms with Gasteiger partial charge in [0.2, 0.25) is 5.78 Å². The maximum absolute atomic E-state index is 14.3. The third-order valence-corrected chi connectivity index (χ3v) is 10.6. The number of benzene rings is 3. The van der Waals surface area contributed by atoms with Gasteiger partial charge in [-0.1, -0.05) is 23.8 Å². The highest BCUT2D eigenvalue weighted by Gasteiger charge is 2.29. The SMILES string of the molecule is Cc1ccc(S(=O)(=O)n2c(C(=O)c3cnn(-c4ccc5[nH]c(C)nc5c4)c3N)cc3cc(-c4ccc(N5CCOCC5)nc4)ccc32)cc1. The third kappa shape index (κ3) is 5.32. The summed E-state index contributed by atoms with van der Waals surface area (Å²) in [5.74, 6) is 1.14. The molecule has 8 rings (SSSR count). The molecular weight excluding hydrogens is 641 g/mol. The highest BCUT2D eigenvalue weighted by atomic mass is 32.2. The highest BCUT2D eigenvalue weighted by molar-refractivity contribution is 7.90. The van der Waals surface area contributed by atoms with E-state index in [0.29, 0.717) is 29.8 Å². The fraction of sp³-hybridized carbons (Fsp3) is 0.167. The van der Waals surface area contributed by atoms with Gasteiger partial charge in [-0.2, -0.15) is 5.10 Å². The summed E-state index contributed by atoms with van der Waals surface area (Å²) >= 11 is 0. The Bertz CT molecular complexity index is 2490. The summed E-state index contributed by atoms with van der Waals surface area (Å²) in [4.78, 5) is 28.9. The van der Waals surface area contributed by atoms with Crippen LogP contribution < -0.4 is 10.6 Å². The number of carbonyl (C=O) groups excluding carboxylic acids is 1. The molecule has 49 heavy (non-hydrogen) atoms. The lowest BCUT2D eigenvalue weighted by molar-refractivity contribution is 0.103. The number of aromatic nitrogens is 6. The molecule has 12 nitrogen and oxygen atoms in total. The van der Waals surface area contributed by atoms with E-state index in [1.165, 1.54) is 10.9 Å². The van der Waals surface area contributed by atoms with E-state index in [2.05, 4.69) is 25.0 Å². The number of morpholine rings is 1. The van der Waals surface area contributed by atoms with Crippen LogP contribution in [-0.2, 0) is 14.8 Å². The molecule has 1 aliphatic heterocycles. The monoisotopic (exact) mass is 672 g/mol. The summed E-state index contributed by atoms with van der Waals surface area (Å²) in [6, 6.07) is 23.0. The van der Waals surface area contributed by atoms with Gasteiger partial charge in [0.15, 0.2) is 0 Å². The first-order valence-corrected chi connectivity index (χ1v) is 17.2. The van der Waals surface area contributed by atoms with Crippen LogP contribution in [0.5, 0.6) is 0 Å². The van der Waals surface area contributed by atoms with Gasteiger partial charge in [-0.3, -0.25) is 4.79 Å². The van der Waals surface area contributed by atoms with Crippen LogP contribution in [-0.4, -0.2) is 69.2 Å². The Hall–Kier alpha value is -5.79. The van der Waals surface area contributed by atoms with E-state index in [-0.39, 0.29) is 22.0 Å². The zero-order chi connectivity index (χ0) is 33.9. The Morgan fingerprint density at radius 3 is 2.43 bits per heavy atom. The van der Waals surface area contributed by atoms with Crippen LogP contribution in [0.4, 0.5) is 11.6 Å². The first kappa shape index (κ1) is 30.5. The maximum Gasteiger partial charge on any atom is 0.268 e. The molecule has 0 atom stereocenters. The van der Waals surface area contributed by atoms with E-state index in [1.54, 1.807) is 42.6 Å². The van der Waals surface area contributed by atoms with Crippen molar-refractivity contribution < 1.29 is 17.9 Å². The van der Waals surface area contributed by atoms with Crippen molar-refractivity contribution in [2.24, 2.45) is 0 Å². The maximum atomic E-state index is 14.3. The number of hydrogen-bond donors (Lipinski definition) is 2. The molecule has 0 saturated carbocycles. The molecule has 7 aromatic rings. The van der Waals surface area contributed by atoms with E-state index < -0.39 is 15.8 Å². The van der Waals surface area contributed by atoms with Crippen molar-refractivity contribution in [1.29, 1.82) is 0 Å². The lowest BCUT2D eigenvalue weighted by Gasteiger charge is -2.27. The lowest BCUT2D eigenvalue weighted by Crippen LogP contribution is -2.36. The van der Waals surface area contributed by atoms with Gasteiger partial charge < -0.3 is 20.4 Å². The molecule has 0 bridgehead atoms. The third-order valence-electron chi connectivity index (χ3n) is 8.85. The van der Waals surface area contributed by atoms with E-state index in [0.717, 1.165) is 56.4 Å². The molecule has 1 aliphatic rings. The second-order valence-electron chi connectivity index (χ2n) is 12.1. The van der Waals surface area contributed by atoms with Crippen molar-refractivity contribution in [3.8, 4) is 16.8 Å². The highest BCUT2D eigenvalue weighted by Crippen LogP contribution is 2.33. The average molecular weight is 673 g/mol. The van der Waals surface area contributed by atoms with Crippen LogP contribution in [0.3, 0.4) is 0 Å². The summed E-state index contributed by atoms with van der Waals surface area (Å²) < 4.78 is 36.6. The summed E-state index contributed by atoms with van der Waals surface area (Å²) in [6.45, 7) is 6.63. The molecule has 0 spiro atoms. The molecule has 3 N–H and O–H groups in total. The molecule has 13 heteroatoms. The Labute approximate surface area is 281 Å². The van der Waals surface area contributed by atoms with Crippen molar-refractivity contribution in [2.75, 3.05) is 36.9 Å². The summed E-state index contributed by atoms with van der Waals surface area (Å²) in [5.41, 5.74) is 11.7. The van der Waals surface area contributed by atoms with Gasteiger partial charge in [-0.05, 0) is 80.1 Å². The molecule has 0 aliphatic carbocycles. The molecule has 246 valence electrons. The standard InChI is InChI=1S/C36H32N8O4S/c1-22-3-8-28(9-4-22)49(46,47)44-32-11-5-24(25-6-12-34(38-20-25)42-13-15-48-16-14-42)17-26(32)18-33(44)35(45)29-21-39-43(36(29)37)27-7-10-30-31(19-27)41-23(2)40-30/h3-12,17-21H,13-16,37H2,1-2H3,(H,40,41). The van der Waals surface area contributed by atoms with Gasteiger partial charge in [0.1, 0.15) is 23.2 Å². The number of fused-ring (bicyclic) bond motifs is 2. The minimum atomic E-state index is -4.21. The topological polar surface area (TPSA) is 154 Å². The molecule has 3 aromatic carbocycles. The smallest absolute Gasteiger partial charge is 0.268 e. The van der Waals surface area contributed by atoms with Crippen LogP contribution in [0.2, 0.25) is 0 Å². The number of H-pyrrole nitrogens is 1. The van der Waals surface area contributed by atoms with Crippen LogP contribution >= 0.6 is 0 Å². The largest absolute Gasteiger partial charge is 0.383 e. The first-order chi connectivity index (χ1) is 23.7. The number of aromatic amines is 1. The number of hydrogen-bond acceptors (Lipinski definition) is 9. The van der Waals surface area contributed by atoms with Crippen LogP contribution in [0, 0.1) is 13.8 Å². The Morgan fingerprint density at radius 2 is 1.67 bits per heavy atom. The predicted molar refractivity (Wildman–Crippen MR) is 188 cm³/mol. The number of aryl methyl sites for hydroxylation is 2. The predicted octanol–water partition coefficient (Wildman–Crippen LogP) is 5.27. The number of pyridine rings is 1. The minimum Gasteiger partial charge on any atom is -0.383 e. The number of nitrogens with zero attached hydrogens (tertiary/aromatic N) is 6. The number of nitrogen functional groups attached to an aromatic ring is 1. The Morgan fingerprint density at radius 1 is 0.898 bits per heavy atom. The number of carbonyl (C=O) groups is 1. The molecule has 0 amide bonds. The second kappa shape index (κ2) is 11.7. The number of nitrogens with two attached hydrogens (primary N) is 1. The quantitative estimate of drug-likeness (QED) is 0.216. The number of anilines is 2. The van der Waals surface area contributed by atoms with Gasteiger partial charge in [-0.15, -0.1) is 0 Å². The van der Waals surface area contributed by atoms with Crippen molar-refractivity contribution >= 4 is 49.4 Å². The fourth-order valence-corrected chi connectivity index (χ4v) is 7.78. The van der Waals surface area contributed by atoms with Crippen molar-refractivity contribution in [3.63, 3.8) is 0 Å². The van der Waals surface area contributed by atoms with Gasteiger partial charge in [0.05, 0.1) is 52.1 Å². The zero-order valence-corrected chi connectivity index (χ0v) is 27.6. The summed E-state index contributed by atoms with van der Waals surface area (Å²) in [6.07, 6.45) is 3.17. The molecule has 5 heterocycles. The first-order valence-electron chi connectivity index (χ1n) is 15.8. The van der Waals surface area contributed by atoms with Gasteiger partial charge in [0, 0.05) is 30.2 Å². The van der Waals surface area contributed by atoms with Gasteiger partial charge in [-0.25, -0.2) is 27.0 Å². The molecule has 0 unspecified atom stereocenters. The van der Waals surface area contributed by atoms with E-state index in [4.69, 9.17) is 10.5 Å². The zero-order valence-electron chi connectivity index (χ0n) is 26.8. The molecule has 0 radical (unpaired) electrons. The Balaban J connectivity index is 1.22. The van der Waals surface area contributed by atoms with Crippen LogP contribution in [0.1, 0.15) is 27.4 Å². The number of imidazole rings is 1. The number of rotatable bonds is 7. The minimum absolute atomic E-state index is 0.0573. The van der Waals surface area contributed by atoms with Gasteiger partial charge >= 0.3 is 0 Å². The van der Waals surface area contributed by atoms with E-state index in [9.17, 15) is 13.2 Å². The number of ether oxygens (including phenoxy) is 1. The van der Waals surface area contributed by atoms with Crippen molar-refractivity contribution in [2.45, 2.75) is 18.7 Å². The lowest BCUT2D eigenvalue weighted by atomic mass is 10.1. The van der Waals surface area contributed by atoms with Crippen LogP contribution in [0.25, 0.3) is 38.8 Å². The normalized spacial score (nSPS) is 13.8. The molecule has 4 aromatic heterocycles. The average Bonchev–Trinajstić information content (AvgIpc) is 3.82. The van der Waals surface area contributed by atoms with Crippen molar-refractivity contribution in [3.05, 3.63) is 114 Å². The summed E-state index contributed by atoms with van der Waals surface area (Å²) in [7, 11) is -4.21. The Kier molecular flexibility index (Phi) is 7.30. The van der Waals surface area contributed by atoms with E-state index in [1.807, 2.05) is 56.3 Å². The molecule has 1 fully saturated rings.